The van der Waals surface area contributed by atoms with E-state index in [9.17, 15) is 4.79 Å². The molecule has 1 aliphatic carbocycles. The number of halogens is 1. The maximum absolute atomic E-state index is 12.9. The first-order valence-corrected chi connectivity index (χ1v) is 8.96. The van der Waals surface area contributed by atoms with Gasteiger partial charge >= 0.3 is 0 Å². The number of hydrogen-bond donors (Lipinski definition) is 1. The summed E-state index contributed by atoms with van der Waals surface area (Å²) in [6.45, 7) is 0.688. The molecule has 2 fully saturated rings. The third kappa shape index (κ3) is 3.12. The summed E-state index contributed by atoms with van der Waals surface area (Å²) in [5.41, 5.74) is 1.95. The molecule has 1 aliphatic heterocycles. The topological polar surface area (TPSA) is 41.6 Å². The monoisotopic (exact) mass is 356 g/mol. The highest BCUT2D eigenvalue weighted by Crippen LogP contribution is 2.46. The number of ether oxygens (including phenoxy) is 1. The van der Waals surface area contributed by atoms with E-state index in [0.717, 1.165) is 30.6 Å². The van der Waals surface area contributed by atoms with Crippen molar-refractivity contribution in [1.29, 1.82) is 0 Å². The van der Waals surface area contributed by atoms with Gasteiger partial charge in [0.1, 0.15) is 17.5 Å². The van der Waals surface area contributed by atoms with Crippen molar-refractivity contribution >= 4 is 17.5 Å². The van der Waals surface area contributed by atoms with Crippen LogP contribution >= 0.6 is 11.6 Å². The second-order valence-corrected chi connectivity index (χ2v) is 7.21. The highest BCUT2D eigenvalue weighted by molar-refractivity contribution is 6.30. The molecule has 25 heavy (non-hydrogen) atoms. The lowest BCUT2D eigenvalue weighted by atomic mass is 10.1. The molecular formula is C20H21ClN2O2. The van der Waals surface area contributed by atoms with E-state index >= 15 is 0 Å². The van der Waals surface area contributed by atoms with Crippen LogP contribution in [-0.4, -0.2) is 30.0 Å². The largest absolute Gasteiger partial charge is 0.497 e. The molecule has 1 N–H and O–H groups in total. The molecule has 130 valence electrons. The van der Waals surface area contributed by atoms with Crippen molar-refractivity contribution in [1.82, 2.24) is 10.2 Å². The van der Waals surface area contributed by atoms with Gasteiger partial charge in [-0.15, -0.1) is 0 Å². The van der Waals surface area contributed by atoms with Gasteiger partial charge in [0.2, 0.25) is 5.91 Å². The third-order valence-corrected chi connectivity index (χ3v) is 5.38. The smallest absolute Gasteiger partial charge is 0.244 e. The third-order valence-electron chi connectivity index (χ3n) is 5.13. The molecule has 1 spiro atoms. The first kappa shape index (κ1) is 16.4. The van der Waals surface area contributed by atoms with Gasteiger partial charge in [0.15, 0.2) is 0 Å². The standard InChI is InChI=1S/C20H21ClN2O2/c1-25-17-8-2-14(3-9-17)10-13-23-18(15-4-6-16(21)7-5-15)22-20(11-12-20)19(23)24/h2-9,18,22H,10-13H2,1H3. The van der Waals surface area contributed by atoms with Gasteiger partial charge < -0.3 is 9.64 Å². The van der Waals surface area contributed by atoms with Gasteiger partial charge in [-0.3, -0.25) is 10.1 Å². The lowest BCUT2D eigenvalue weighted by Crippen LogP contribution is -2.33. The molecule has 1 amide bonds. The van der Waals surface area contributed by atoms with E-state index in [-0.39, 0.29) is 17.6 Å². The molecule has 1 saturated carbocycles. The Morgan fingerprint density at radius 2 is 1.84 bits per heavy atom. The fourth-order valence-corrected chi connectivity index (χ4v) is 3.58. The predicted molar refractivity (Wildman–Crippen MR) is 97.7 cm³/mol. The van der Waals surface area contributed by atoms with E-state index in [4.69, 9.17) is 16.3 Å². The summed E-state index contributed by atoms with van der Waals surface area (Å²) >= 11 is 6.01. The molecule has 4 nitrogen and oxygen atoms in total. The zero-order valence-electron chi connectivity index (χ0n) is 14.2. The number of hydrogen-bond acceptors (Lipinski definition) is 3. The number of amides is 1. The molecule has 2 aliphatic rings. The summed E-state index contributed by atoms with van der Waals surface area (Å²) in [6, 6.07) is 15.8. The number of methoxy groups -OCH3 is 1. The van der Waals surface area contributed by atoms with Crippen LogP contribution < -0.4 is 10.1 Å². The fourth-order valence-electron chi connectivity index (χ4n) is 3.46. The van der Waals surface area contributed by atoms with Gasteiger partial charge in [0, 0.05) is 11.6 Å². The normalized spacial score (nSPS) is 21.0. The maximum atomic E-state index is 12.9. The molecule has 5 heteroatoms. The van der Waals surface area contributed by atoms with Crippen molar-refractivity contribution in [3.8, 4) is 5.75 Å². The highest BCUT2D eigenvalue weighted by atomic mass is 35.5. The number of carbonyl (C=O) groups is 1. The fraction of sp³-hybridized carbons (Fsp3) is 0.350. The summed E-state index contributed by atoms with van der Waals surface area (Å²) in [4.78, 5) is 14.9. The first-order valence-electron chi connectivity index (χ1n) is 8.58. The quantitative estimate of drug-likeness (QED) is 0.890. The number of benzene rings is 2. The van der Waals surface area contributed by atoms with E-state index in [1.807, 2.05) is 41.3 Å². The minimum atomic E-state index is -0.329. The summed E-state index contributed by atoms with van der Waals surface area (Å²) in [5.74, 6) is 1.07. The van der Waals surface area contributed by atoms with E-state index < -0.39 is 0 Å². The predicted octanol–water partition coefficient (Wildman–Crippen LogP) is 3.55. The Bertz CT molecular complexity index is 769. The molecule has 1 unspecified atom stereocenters. The molecule has 2 aromatic rings. The van der Waals surface area contributed by atoms with Crippen molar-refractivity contribution in [3.05, 3.63) is 64.7 Å². The second kappa shape index (κ2) is 6.36. The molecule has 0 bridgehead atoms. The molecule has 1 heterocycles. The summed E-state index contributed by atoms with van der Waals surface area (Å²) < 4.78 is 5.20. The van der Waals surface area contributed by atoms with Gasteiger partial charge in [0.25, 0.3) is 0 Å². The van der Waals surface area contributed by atoms with Crippen LogP contribution in [0.4, 0.5) is 0 Å². The van der Waals surface area contributed by atoms with Crippen LogP contribution in [0, 0.1) is 0 Å². The lowest BCUT2D eigenvalue weighted by Gasteiger charge is -2.24. The first-order chi connectivity index (χ1) is 12.1. The van der Waals surface area contributed by atoms with Crippen LogP contribution in [0.15, 0.2) is 48.5 Å². The molecule has 1 saturated heterocycles. The second-order valence-electron chi connectivity index (χ2n) is 6.78. The van der Waals surface area contributed by atoms with Crippen molar-refractivity contribution < 1.29 is 9.53 Å². The van der Waals surface area contributed by atoms with Crippen LogP contribution in [0.5, 0.6) is 5.75 Å². The van der Waals surface area contributed by atoms with E-state index in [2.05, 4.69) is 17.4 Å². The summed E-state index contributed by atoms with van der Waals surface area (Å²) in [6.07, 6.45) is 2.59. The number of rotatable bonds is 5. The van der Waals surface area contributed by atoms with Crippen molar-refractivity contribution in [2.24, 2.45) is 0 Å². The number of nitrogens with zero attached hydrogens (tertiary/aromatic N) is 1. The Kier molecular flexibility index (Phi) is 4.18. The van der Waals surface area contributed by atoms with Gasteiger partial charge in [-0.05, 0) is 54.7 Å². The van der Waals surface area contributed by atoms with E-state index in [1.54, 1.807) is 7.11 Å². The SMILES string of the molecule is COc1ccc(CCN2C(=O)C3(CC3)NC2c2ccc(Cl)cc2)cc1. The molecule has 2 aromatic carbocycles. The molecule has 1 atom stereocenters. The molecule has 0 aromatic heterocycles. The van der Waals surface area contributed by atoms with Gasteiger partial charge in [-0.25, -0.2) is 0 Å². The minimum absolute atomic E-state index is 0.0782. The average molecular weight is 357 g/mol. The maximum Gasteiger partial charge on any atom is 0.244 e. The van der Waals surface area contributed by atoms with Crippen molar-refractivity contribution in [2.45, 2.75) is 31.0 Å². The average Bonchev–Trinajstić information content (AvgIpc) is 3.37. The summed E-state index contributed by atoms with van der Waals surface area (Å²) in [7, 11) is 1.66. The highest BCUT2D eigenvalue weighted by Gasteiger charge is 2.59. The van der Waals surface area contributed by atoms with Crippen LogP contribution in [0.1, 0.15) is 30.1 Å². The van der Waals surface area contributed by atoms with Gasteiger partial charge in [-0.2, -0.15) is 0 Å². The molecular weight excluding hydrogens is 336 g/mol. The Balaban J connectivity index is 1.52. The summed E-state index contributed by atoms with van der Waals surface area (Å²) in [5, 5.41) is 4.25. The number of carbonyl (C=O) groups excluding carboxylic acids is 1. The van der Waals surface area contributed by atoms with E-state index in [0.29, 0.717) is 11.6 Å². The zero-order chi connectivity index (χ0) is 17.4. The van der Waals surface area contributed by atoms with Crippen LogP contribution in [-0.2, 0) is 11.2 Å². The van der Waals surface area contributed by atoms with Crippen molar-refractivity contribution in [3.63, 3.8) is 0 Å². The van der Waals surface area contributed by atoms with Crippen LogP contribution in [0.25, 0.3) is 0 Å². The van der Waals surface area contributed by atoms with Crippen LogP contribution in [0.2, 0.25) is 5.02 Å². The van der Waals surface area contributed by atoms with Crippen LogP contribution in [0.3, 0.4) is 0 Å². The number of nitrogens with one attached hydrogen (secondary N) is 1. The van der Waals surface area contributed by atoms with E-state index in [1.165, 1.54) is 5.56 Å². The lowest BCUT2D eigenvalue weighted by molar-refractivity contribution is -0.130. The molecule has 4 rings (SSSR count). The van der Waals surface area contributed by atoms with Gasteiger partial charge in [0.05, 0.1) is 7.11 Å². The minimum Gasteiger partial charge on any atom is -0.497 e. The molecule has 0 radical (unpaired) electrons. The van der Waals surface area contributed by atoms with Crippen molar-refractivity contribution in [2.75, 3.05) is 13.7 Å². The Hall–Kier alpha value is -2.04. The Labute approximate surface area is 152 Å². The zero-order valence-corrected chi connectivity index (χ0v) is 14.9. The van der Waals surface area contributed by atoms with Gasteiger partial charge in [-0.1, -0.05) is 35.9 Å². The Morgan fingerprint density at radius 3 is 2.44 bits per heavy atom. The Morgan fingerprint density at radius 1 is 1.16 bits per heavy atom.